The molecule has 1 aromatic rings. The van der Waals surface area contributed by atoms with Crippen molar-refractivity contribution in [3.63, 3.8) is 0 Å². The number of anilines is 1. The maximum absolute atomic E-state index is 12.4. The molecule has 0 unspecified atom stereocenters. The summed E-state index contributed by atoms with van der Waals surface area (Å²) in [7, 11) is 0. The minimum atomic E-state index is -0.301. The van der Waals surface area contributed by atoms with Gasteiger partial charge in [-0.05, 0) is 38.1 Å². The molecule has 1 aliphatic rings. The molecule has 7 heteroatoms. The molecule has 1 aliphatic heterocycles. The summed E-state index contributed by atoms with van der Waals surface area (Å²) in [6.07, 6.45) is -0.299. The zero-order valence-electron chi connectivity index (χ0n) is 14.0. The van der Waals surface area contributed by atoms with Crippen molar-refractivity contribution in [1.82, 2.24) is 9.80 Å². The molecule has 7 nitrogen and oxygen atoms in total. The molecule has 2 amide bonds. The van der Waals surface area contributed by atoms with Gasteiger partial charge in [0.25, 0.3) is 0 Å². The van der Waals surface area contributed by atoms with E-state index in [2.05, 4.69) is 5.32 Å². The van der Waals surface area contributed by atoms with Crippen LogP contribution in [0.4, 0.5) is 10.5 Å². The number of rotatable bonds is 4. The highest BCUT2D eigenvalue weighted by atomic mass is 16.6. The van der Waals surface area contributed by atoms with E-state index in [4.69, 9.17) is 10.00 Å². The summed E-state index contributed by atoms with van der Waals surface area (Å²) in [5, 5.41) is 11.6. The predicted molar refractivity (Wildman–Crippen MR) is 89.4 cm³/mol. The Labute approximate surface area is 141 Å². The van der Waals surface area contributed by atoms with Crippen LogP contribution >= 0.6 is 0 Å². The highest BCUT2D eigenvalue weighted by molar-refractivity contribution is 5.94. The van der Waals surface area contributed by atoms with E-state index in [1.165, 1.54) is 0 Å². The van der Waals surface area contributed by atoms with Gasteiger partial charge < -0.3 is 15.0 Å². The summed E-state index contributed by atoms with van der Waals surface area (Å²) in [5.41, 5.74) is 1.21. The Morgan fingerprint density at radius 1 is 1.25 bits per heavy atom. The smallest absolute Gasteiger partial charge is 0.409 e. The van der Waals surface area contributed by atoms with Crippen molar-refractivity contribution in [3.05, 3.63) is 29.8 Å². The first-order valence-corrected chi connectivity index (χ1v) is 8.02. The van der Waals surface area contributed by atoms with Crippen LogP contribution in [-0.4, -0.2) is 60.6 Å². The monoisotopic (exact) mass is 330 g/mol. The third-order valence-corrected chi connectivity index (χ3v) is 4.05. The Hall–Kier alpha value is -2.59. The molecule has 1 atom stereocenters. The number of hydrogen-bond acceptors (Lipinski definition) is 5. The zero-order valence-corrected chi connectivity index (χ0v) is 14.0. The number of nitrogens with zero attached hydrogens (tertiary/aromatic N) is 3. The lowest BCUT2D eigenvalue weighted by atomic mass is 10.2. The molecule has 1 fully saturated rings. The van der Waals surface area contributed by atoms with Crippen molar-refractivity contribution in [3.8, 4) is 6.07 Å². The second-order valence-corrected chi connectivity index (χ2v) is 5.58. The van der Waals surface area contributed by atoms with Crippen LogP contribution < -0.4 is 5.32 Å². The number of hydrogen-bond donors (Lipinski definition) is 1. The van der Waals surface area contributed by atoms with Crippen molar-refractivity contribution in [2.75, 3.05) is 38.1 Å². The Morgan fingerprint density at radius 3 is 2.42 bits per heavy atom. The van der Waals surface area contributed by atoms with Gasteiger partial charge in [0.1, 0.15) is 0 Å². The summed E-state index contributed by atoms with van der Waals surface area (Å²) >= 11 is 0. The lowest BCUT2D eigenvalue weighted by Crippen LogP contribution is -2.54. The molecule has 1 N–H and O–H groups in total. The molecule has 1 aromatic carbocycles. The fourth-order valence-corrected chi connectivity index (χ4v) is 2.55. The predicted octanol–water partition coefficient (Wildman–Crippen LogP) is 1.66. The number of nitriles is 1. The van der Waals surface area contributed by atoms with Gasteiger partial charge in [0.2, 0.25) is 5.91 Å². The van der Waals surface area contributed by atoms with Crippen molar-refractivity contribution in [2.24, 2.45) is 0 Å². The number of nitrogens with one attached hydrogen (secondary N) is 1. The summed E-state index contributed by atoms with van der Waals surface area (Å²) in [5.74, 6) is -0.107. The molecule has 0 radical (unpaired) electrons. The molecule has 2 rings (SSSR count). The second-order valence-electron chi connectivity index (χ2n) is 5.58. The molecule has 0 aromatic heterocycles. The van der Waals surface area contributed by atoms with Gasteiger partial charge in [-0.2, -0.15) is 5.26 Å². The summed E-state index contributed by atoms with van der Waals surface area (Å²) in [4.78, 5) is 27.7. The van der Waals surface area contributed by atoms with E-state index in [0.717, 1.165) is 0 Å². The first-order valence-electron chi connectivity index (χ1n) is 8.02. The van der Waals surface area contributed by atoms with Crippen LogP contribution in [0.15, 0.2) is 24.3 Å². The fraction of sp³-hybridized carbons (Fsp3) is 0.471. The first kappa shape index (κ1) is 17.8. The molecule has 24 heavy (non-hydrogen) atoms. The van der Waals surface area contributed by atoms with Gasteiger partial charge in [0.15, 0.2) is 0 Å². The molecule has 0 bridgehead atoms. The highest BCUT2D eigenvalue weighted by Gasteiger charge is 2.27. The average Bonchev–Trinajstić information content (AvgIpc) is 2.62. The lowest BCUT2D eigenvalue weighted by Gasteiger charge is -2.36. The molecule has 1 saturated heterocycles. The summed E-state index contributed by atoms with van der Waals surface area (Å²) in [6, 6.07) is 8.49. The third kappa shape index (κ3) is 4.46. The third-order valence-electron chi connectivity index (χ3n) is 4.05. The van der Waals surface area contributed by atoms with Gasteiger partial charge in [-0.15, -0.1) is 0 Å². The van der Waals surface area contributed by atoms with E-state index in [1.807, 2.05) is 17.9 Å². The van der Waals surface area contributed by atoms with E-state index in [-0.39, 0.29) is 18.0 Å². The van der Waals surface area contributed by atoms with Crippen LogP contribution in [0.25, 0.3) is 0 Å². The van der Waals surface area contributed by atoms with Crippen LogP contribution in [0.5, 0.6) is 0 Å². The first-order chi connectivity index (χ1) is 11.5. The Bertz CT molecular complexity index is 616. The van der Waals surface area contributed by atoms with Gasteiger partial charge >= 0.3 is 6.09 Å². The Balaban J connectivity index is 1.85. The van der Waals surface area contributed by atoms with E-state index < -0.39 is 0 Å². The summed E-state index contributed by atoms with van der Waals surface area (Å²) in [6.45, 7) is 6.34. The molecular formula is C17H22N4O3. The lowest BCUT2D eigenvalue weighted by molar-refractivity contribution is -0.121. The number of benzene rings is 1. The van der Waals surface area contributed by atoms with Gasteiger partial charge in [0, 0.05) is 31.9 Å². The second kappa shape index (κ2) is 8.31. The Kier molecular flexibility index (Phi) is 6.15. The standard InChI is InChI=1S/C17H22N4O3/c1-3-24-17(23)21-10-8-20(9-11-21)13(2)16(22)19-15-6-4-14(12-18)5-7-15/h4-7,13H,3,8-11H2,1-2H3,(H,19,22)/t13-/m1/s1. The maximum atomic E-state index is 12.4. The molecule has 0 saturated carbocycles. The van der Waals surface area contributed by atoms with Crippen LogP contribution in [0.3, 0.4) is 0 Å². The van der Waals surface area contributed by atoms with Crippen molar-refractivity contribution < 1.29 is 14.3 Å². The zero-order chi connectivity index (χ0) is 17.5. The molecular weight excluding hydrogens is 308 g/mol. The SMILES string of the molecule is CCOC(=O)N1CCN([C@H](C)C(=O)Nc2ccc(C#N)cc2)CC1. The van der Waals surface area contributed by atoms with Crippen LogP contribution in [0.1, 0.15) is 19.4 Å². The number of piperazine rings is 1. The van der Waals surface area contributed by atoms with Crippen LogP contribution in [-0.2, 0) is 9.53 Å². The summed E-state index contributed by atoms with van der Waals surface area (Å²) < 4.78 is 4.99. The van der Waals surface area contributed by atoms with Gasteiger partial charge in [-0.1, -0.05) is 0 Å². The maximum Gasteiger partial charge on any atom is 0.409 e. The van der Waals surface area contributed by atoms with E-state index >= 15 is 0 Å². The van der Waals surface area contributed by atoms with E-state index in [9.17, 15) is 9.59 Å². The minimum Gasteiger partial charge on any atom is -0.450 e. The van der Waals surface area contributed by atoms with Gasteiger partial charge in [0.05, 0.1) is 24.3 Å². The average molecular weight is 330 g/mol. The van der Waals surface area contributed by atoms with Crippen LogP contribution in [0, 0.1) is 11.3 Å². The molecule has 0 aliphatic carbocycles. The quantitative estimate of drug-likeness (QED) is 0.907. The van der Waals surface area contributed by atoms with Gasteiger partial charge in [-0.3, -0.25) is 9.69 Å². The number of carbonyl (C=O) groups is 2. The van der Waals surface area contributed by atoms with E-state index in [1.54, 1.807) is 36.1 Å². The topological polar surface area (TPSA) is 85.7 Å². The van der Waals surface area contributed by atoms with Crippen LogP contribution in [0.2, 0.25) is 0 Å². The molecule has 0 spiro atoms. The van der Waals surface area contributed by atoms with Gasteiger partial charge in [-0.25, -0.2) is 4.79 Å². The van der Waals surface area contributed by atoms with E-state index in [0.29, 0.717) is 44.0 Å². The number of carbonyl (C=O) groups excluding carboxylic acids is 2. The van der Waals surface area contributed by atoms with Crippen molar-refractivity contribution in [2.45, 2.75) is 19.9 Å². The normalized spacial score (nSPS) is 16.1. The number of amides is 2. The largest absolute Gasteiger partial charge is 0.450 e. The molecule has 128 valence electrons. The fourth-order valence-electron chi connectivity index (χ4n) is 2.55. The highest BCUT2D eigenvalue weighted by Crippen LogP contribution is 2.12. The Morgan fingerprint density at radius 2 is 1.88 bits per heavy atom. The minimum absolute atomic E-state index is 0.107. The van der Waals surface area contributed by atoms with Crippen molar-refractivity contribution >= 4 is 17.7 Å². The number of ether oxygens (including phenoxy) is 1. The molecule has 1 heterocycles. The van der Waals surface area contributed by atoms with Crippen molar-refractivity contribution in [1.29, 1.82) is 5.26 Å².